The van der Waals surface area contributed by atoms with E-state index in [0.717, 1.165) is 43.7 Å². The van der Waals surface area contributed by atoms with Crippen molar-refractivity contribution >= 4 is 6.03 Å². The Hall–Kier alpha value is -3.55. The number of nitrogens with one attached hydrogen (secondary N) is 2. The van der Waals surface area contributed by atoms with E-state index < -0.39 is 17.8 Å². The number of nitrogens with zero attached hydrogens (tertiary/aromatic N) is 1. The van der Waals surface area contributed by atoms with Gasteiger partial charge in [-0.3, -0.25) is 4.98 Å². The zero-order valence-corrected chi connectivity index (χ0v) is 21.0. The third kappa shape index (κ3) is 6.42. The van der Waals surface area contributed by atoms with E-state index in [1.54, 1.807) is 18.3 Å². The molecule has 1 aromatic heterocycles. The predicted molar refractivity (Wildman–Crippen MR) is 136 cm³/mol. The lowest BCUT2D eigenvalue weighted by Crippen LogP contribution is -2.54. The molecule has 1 unspecified atom stereocenters. The zero-order valence-electron chi connectivity index (χ0n) is 21.0. The number of amides is 2. The van der Waals surface area contributed by atoms with Gasteiger partial charge in [-0.2, -0.15) is 8.78 Å². The molecule has 2 aromatic carbocycles. The van der Waals surface area contributed by atoms with Crippen molar-refractivity contribution in [3.05, 3.63) is 95.3 Å². The van der Waals surface area contributed by atoms with Gasteiger partial charge in [0.15, 0.2) is 0 Å². The van der Waals surface area contributed by atoms with E-state index in [-0.39, 0.29) is 17.8 Å². The lowest BCUT2D eigenvalue weighted by molar-refractivity contribution is -0.215. The van der Waals surface area contributed by atoms with Crippen LogP contribution in [0, 0.1) is 6.92 Å². The van der Waals surface area contributed by atoms with Crippen LogP contribution in [-0.4, -0.2) is 29.3 Å². The van der Waals surface area contributed by atoms with Gasteiger partial charge < -0.3 is 15.4 Å². The average molecular weight is 512 g/mol. The summed E-state index contributed by atoms with van der Waals surface area (Å²) in [6, 6.07) is 19.0. The van der Waals surface area contributed by atoms with Crippen LogP contribution in [0.25, 0.3) is 0 Å². The van der Waals surface area contributed by atoms with Gasteiger partial charge in [-0.05, 0) is 61.6 Å². The number of benzene rings is 2. The Labute approximate surface area is 215 Å². The minimum absolute atomic E-state index is 0.0693. The molecule has 5 nitrogen and oxygen atoms in total. The molecular formula is C29H32F3N3O2. The van der Waals surface area contributed by atoms with Gasteiger partial charge in [-0.1, -0.05) is 61.4 Å². The summed E-state index contributed by atoms with van der Waals surface area (Å²) in [6.45, 7) is 2.65. The highest BCUT2D eigenvalue weighted by Gasteiger charge is 2.42. The average Bonchev–Trinajstić information content (AvgIpc) is 3.37. The molecule has 0 aliphatic heterocycles. The van der Waals surface area contributed by atoms with Gasteiger partial charge >= 0.3 is 12.1 Å². The smallest absolute Gasteiger partial charge is 0.429 e. The Morgan fingerprint density at radius 1 is 1.08 bits per heavy atom. The molecule has 1 fully saturated rings. The Balaban J connectivity index is 1.82. The van der Waals surface area contributed by atoms with Crippen molar-refractivity contribution in [2.24, 2.45) is 0 Å². The molecule has 0 saturated heterocycles. The van der Waals surface area contributed by atoms with Crippen molar-refractivity contribution in [3.63, 3.8) is 0 Å². The van der Waals surface area contributed by atoms with E-state index in [4.69, 9.17) is 4.74 Å². The minimum Gasteiger partial charge on any atom is -0.430 e. The van der Waals surface area contributed by atoms with E-state index >= 15 is 0 Å². The highest BCUT2D eigenvalue weighted by molar-refractivity contribution is 5.76. The highest BCUT2D eigenvalue weighted by Crippen LogP contribution is 2.36. The van der Waals surface area contributed by atoms with Gasteiger partial charge in [0.25, 0.3) is 0 Å². The molecular weight excluding hydrogens is 479 g/mol. The van der Waals surface area contributed by atoms with Crippen LogP contribution in [0.1, 0.15) is 55.0 Å². The van der Waals surface area contributed by atoms with Crippen molar-refractivity contribution in [2.75, 3.05) is 0 Å². The number of pyridine rings is 1. The van der Waals surface area contributed by atoms with Crippen molar-refractivity contribution in [1.29, 1.82) is 0 Å². The van der Waals surface area contributed by atoms with Crippen LogP contribution in [0.15, 0.2) is 72.9 Å². The first kappa shape index (κ1) is 26.5. The van der Waals surface area contributed by atoms with Gasteiger partial charge in [0.1, 0.15) is 11.3 Å². The molecule has 1 heterocycles. The number of hydrogen-bond acceptors (Lipinski definition) is 3. The number of hydrogen-bond donors (Lipinski definition) is 2. The number of rotatable bonds is 9. The topological polar surface area (TPSA) is 63.2 Å². The van der Waals surface area contributed by atoms with Crippen molar-refractivity contribution < 1.29 is 22.7 Å². The maximum absolute atomic E-state index is 14.1. The summed E-state index contributed by atoms with van der Waals surface area (Å²) in [6.07, 6.45) is -0.592. The molecule has 3 aromatic rings. The number of alkyl halides is 3. The van der Waals surface area contributed by atoms with Gasteiger partial charge in [0.2, 0.25) is 6.17 Å². The van der Waals surface area contributed by atoms with E-state index in [9.17, 15) is 18.0 Å². The Kier molecular flexibility index (Phi) is 8.05. The fourth-order valence-corrected chi connectivity index (χ4v) is 4.69. The van der Waals surface area contributed by atoms with Gasteiger partial charge in [0.05, 0.1) is 5.69 Å². The first-order chi connectivity index (χ1) is 17.7. The van der Waals surface area contributed by atoms with Crippen LogP contribution in [0.2, 0.25) is 0 Å². The first-order valence-corrected chi connectivity index (χ1v) is 12.6. The molecule has 0 bridgehead atoms. The zero-order chi connectivity index (χ0) is 26.5. The van der Waals surface area contributed by atoms with E-state index in [1.165, 1.54) is 12.1 Å². The van der Waals surface area contributed by atoms with Crippen molar-refractivity contribution in [2.45, 2.75) is 69.8 Å². The standard InChI is InChI=1S/C29H32F3N3O2/c1-20-15-16-26(33-19-20)28(18-22-9-4-3-5-10-22,35-27(36)34-24-12-6-7-13-24)23-11-8-14-25(17-23)37-29(31,32)21(2)30/h3-5,8-11,14-17,19,21,24H,6-7,12-13,18H2,1-2H3,(H2,34,35,36)/t21?,28-/m0/s1. The molecule has 1 aliphatic carbocycles. The van der Waals surface area contributed by atoms with Crippen LogP contribution < -0.4 is 15.4 Å². The van der Waals surface area contributed by atoms with Gasteiger partial charge in [-0.15, -0.1) is 0 Å². The number of aromatic nitrogens is 1. The number of ether oxygens (including phenoxy) is 1. The van der Waals surface area contributed by atoms with E-state index in [2.05, 4.69) is 15.6 Å². The number of aryl methyl sites for hydroxylation is 1. The summed E-state index contributed by atoms with van der Waals surface area (Å²) in [5.41, 5.74) is 1.62. The summed E-state index contributed by atoms with van der Waals surface area (Å²) < 4.78 is 46.5. The lowest BCUT2D eigenvalue weighted by Gasteiger charge is -2.36. The monoisotopic (exact) mass is 511 g/mol. The quantitative estimate of drug-likeness (QED) is 0.347. The molecule has 2 N–H and O–H groups in total. The van der Waals surface area contributed by atoms with Crippen LogP contribution >= 0.6 is 0 Å². The van der Waals surface area contributed by atoms with Crippen LogP contribution in [0.4, 0.5) is 18.0 Å². The maximum atomic E-state index is 14.1. The molecule has 1 saturated carbocycles. The summed E-state index contributed by atoms with van der Waals surface area (Å²) in [7, 11) is 0. The predicted octanol–water partition coefficient (Wildman–Crippen LogP) is 6.45. The van der Waals surface area contributed by atoms with E-state index in [0.29, 0.717) is 17.7 Å². The summed E-state index contributed by atoms with van der Waals surface area (Å²) in [4.78, 5) is 18.0. The summed E-state index contributed by atoms with van der Waals surface area (Å²) in [5.74, 6) is -0.213. The third-order valence-corrected chi connectivity index (χ3v) is 6.72. The molecule has 8 heteroatoms. The second kappa shape index (κ2) is 11.2. The Morgan fingerprint density at radius 2 is 1.81 bits per heavy atom. The number of carbonyl (C=O) groups excluding carboxylic acids is 1. The molecule has 0 radical (unpaired) electrons. The number of urea groups is 1. The van der Waals surface area contributed by atoms with E-state index in [1.807, 2.05) is 49.4 Å². The summed E-state index contributed by atoms with van der Waals surface area (Å²) >= 11 is 0. The molecule has 2 atom stereocenters. The number of halogens is 3. The molecule has 4 rings (SSSR count). The Morgan fingerprint density at radius 3 is 2.46 bits per heavy atom. The van der Waals surface area contributed by atoms with Crippen molar-refractivity contribution in [1.82, 2.24) is 15.6 Å². The van der Waals surface area contributed by atoms with Gasteiger partial charge in [0, 0.05) is 18.7 Å². The molecule has 0 spiro atoms. The fraction of sp³-hybridized carbons (Fsp3) is 0.379. The Bertz CT molecular complexity index is 1180. The largest absolute Gasteiger partial charge is 0.430 e. The molecule has 1 aliphatic rings. The van der Waals surface area contributed by atoms with Crippen LogP contribution in [0.5, 0.6) is 5.75 Å². The molecule has 2 amide bonds. The lowest BCUT2D eigenvalue weighted by atomic mass is 9.80. The highest BCUT2D eigenvalue weighted by atomic mass is 19.3. The third-order valence-electron chi connectivity index (χ3n) is 6.72. The fourth-order valence-electron chi connectivity index (χ4n) is 4.69. The molecule has 196 valence electrons. The SMILES string of the molecule is Cc1ccc([C@@](Cc2ccccc2)(NC(=O)NC2CCCC2)c2cccc(OC(F)(F)C(C)F)c2)nc1. The van der Waals surface area contributed by atoms with Gasteiger partial charge in [-0.25, -0.2) is 9.18 Å². The minimum atomic E-state index is -4.00. The second-order valence-corrected chi connectivity index (χ2v) is 9.68. The molecule has 37 heavy (non-hydrogen) atoms. The van der Waals surface area contributed by atoms with Crippen LogP contribution in [0.3, 0.4) is 0 Å². The first-order valence-electron chi connectivity index (χ1n) is 12.6. The van der Waals surface area contributed by atoms with Crippen molar-refractivity contribution in [3.8, 4) is 5.75 Å². The summed E-state index contributed by atoms with van der Waals surface area (Å²) in [5, 5.41) is 6.20. The normalized spacial score (nSPS) is 16.6. The van der Waals surface area contributed by atoms with Crippen LogP contribution in [-0.2, 0) is 12.0 Å². The second-order valence-electron chi connectivity index (χ2n) is 9.68. The maximum Gasteiger partial charge on any atom is 0.429 e. The number of carbonyl (C=O) groups is 1.